The average molecular weight is 318 g/mol. The molecule has 122 valence electrons. The summed E-state index contributed by atoms with van der Waals surface area (Å²) in [6, 6.07) is 5.65. The van der Waals surface area contributed by atoms with Gasteiger partial charge in [-0.2, -0.15) is 17.6 Å². The summed E-state index contributed by atoms with van der Waals surface area (Å²) >= 11 is 0. The first-order valence-electron chi connectivity index (χ1n) is 6.96. The number of benzene rings is 1. The maximum absolute atomic E-state index is 13.0. The van der Waals surface area contributed by atoms with Crippen LogP contribution in [0, 0.1) is 0 Å². The van der Waals surface area contributed by atoms with E-state index in [2.05, 4.69) is 21.5 Å². The molecule has 2 rings (SSSR count). The molecule has 7 heteroatoms. The zero-order chi connectivity index (χ0) is 16.2. The van der Waals surface area contributed by atoms with Gasteiger partial charge in [0.05, 0.1) is 6.04 Å². The van der Waals surface area contributed by atoms with E-state index in [0.29, 0.717) is 5.56 Å². The molecule has 22 heavy (non-hydrogen) atoms. The molecule has 1 aromatic carbocycles. The molecule has 0 bridgehead atoms. The van der Waals surface area contributed by atoms with Crippen molar-refractivity contribution in [1.29, 1.82) is 0 Å². The van der Waals surface area contributed by atoms with Gasteiger partial charge in [0.25, 0.3) is 0 Å². The zero-order valence-corrected chi connectivity index (χ0v) is 11.9. The van der Waals surface area contributed by atoms with Gasteiger partial charge in [0.2, 0.25) is 0 Å². The SMILES string of the molecule is C=C[C@@H](c1cccc(OC(F)(F)C(F)F)c1)N1CCNCC1. The van der Waals surface area contributed by atoms with Crippen molar-refractivity contribution in [3.8, 4) is 5.75 Å². The Kier molecular flexibility index (Phi) is 5.42. The van der Waals surface area contributed by atoms with E-state index in [4.69, 9.17) is 0 Å². The molecule has 1 heterocycles. The van der Waals surface area contributed by atoms with Gasteiger partial charge in [-0.25, -0.2) is 0 Å². The number of hydrogen-bond acceptors (Lipinski definition) is 3. The summed E-state index contributed by atoms with van der Waals surface area (Å²) in [5.41, 5.74) is 0.680. The number of halogens is 4. The monoisotopic (exact) mass is 318 g/mol. The Morgan fingerprint density at radius 1 is 1.27 bits per heavy atom. The first kappa shape index (κ1) is 16.8. The largest absolute Gasteiger partial charge is 0.461 e. The van der Waals surface area contributed by atoms with Crippen molar-refractivity contribution in [3.63, 3.8) is 0 Å². The van der Waals surface area contributed by atoms with E-state index in [1.807, 2.05) is 0 Å². The van der Waals surface area contributed by atoms with Crippen LogP contribution in [0.15, 0.2) is 36.9 Å². The lowest BCUT2D eigenvalue weighted by Gasteiger charge is -2.33. The fourth-order valence-corrected chi connectivity index (χ4v) is 2.42. The Balaban J connectivity index is 2.17. The van der Waals surface area contributed by atoms with E-state index in [9.17, 15) is 17.6 Å². The number of hydrogen-bond donors (Lipinski definition) is 1. The maximum atomic E-state index is 13.0. The van der Waals surface area contributed by atoms with E-state index < -0.39 is 12.5 Å². The minimum Gasteiger partial charge on any atom is -0.428 e. The van der Waals surface area contributed by atoms with Gasteiger partial charge in [0, 0.05) is 26.2 Å². The number of nitrogens with zero attached hydrogens (tertiary/aromatic N) is 1. The van der Waals surface area contributed by atoms with Gasteiger partial charge in [-0.05, 0) is 17.7 Å². The van der Waals surface area contributed by atoms with Crippen molar-refractivity contribution in [1.82, 2.24) is 10.2 Å². The Bertz CT molecular complexity index is 504. The Hall–Kier alpha value is -1.60. The van der Waals surface area contributed by atoms with Gasteiger partial charge < -0.3 is 10.1 Å². The molecule has 3 nitrogen and oxygen atoms in total. The van der Waals surface area contributed by atoms with E-state index in [-0.39, 0.29) is 11.8 Å². The summed E-state index contributed by atoms with van der Waals surface area (Å²) in [6.07, 6.45) is -6.67. The summed E-state index contributed by atoms with van der Waals surface area (Å²) in [6.45, 7) is 6.99. The standard InChI is InChI=1S/C15H18F4N2O/c1-2-13(21-8-6-20-7-9-21)11-4-3-5-12(10-11)22-15(18,19)14(16)17/h2-5,10,13-14,20H,1,6-9H2/t13-/m0/s1. The van der Waals surface area contributed by atoms with Crippen molar-refractivity contribution in [3.05, 3.63) is 42.5 Å². The molecule has 1 N–H and O–H groups in total. The van der Waals surface area contributed by atoms with Gasteiger partial charge in [-0.3, -0.25) is 4.90 Å². The van der Waals surface area contributed by atoms with Gasteiger partial charge in [-0.15, -0.1) is 6.58 Å². The summed E-state index contributed by atoms with van der Waals surface area (Å²) in [5.74, 6) is -0.287. The van der Waals surface area contributed by atoms with Gasteiger partial charge in [-0.1, -0.05) is 18.2 Å². The van der Waals surface area contributed by atoms with Crippen LogP contribution in [0.4, 0.5) is 17.6 Å². The van der Waals surface area contributed by atoms with Gasteiger partial charge in [0.1, 0.15) is 5.75 Å². The van der Waals surface area contributed by atoms with Crippen molar-refractivity contribution >= 4 is 0 Å². The molecule has 1 fully saturated rings. The molecule has 0 spiro atoms. The molecule has 0 radical (unpaired) electrons. The average Bonchev–Trinajstić information content (AvgIpc) is 2.49. The van der Waals surface area contributed by atoms with Gasteiger partial charge in [0.15, 0.2) is 0 Å². The number of piperazine rings is 1. The molecule has 1 atom stereocenters. The summed E-state index contributed by atoms with van der Waals surface area (Å²) < 4.78 is 54.5. The van der Waals surface area contributed by atoms with Crippen LogP contribution in [0.1, 0.15) is 11.6 Å². The molecule has 1 saturated heterocycles. The van der Waals surface area contributed by atoms with E-state index >= 15 is 0 Å². The highest BCUT2D eigenvalue weighted by Crippen LogP contribution is 2.30. The van der Waals surface area contributed by atoms with Crippen molar-refractivity contribution in [2.45, 2.75) is 18.6 Å². The highest BCUT2D eigenvalue weighted by molar-refractivity contribution is 5.32. The minimum atomic E-state index is -4.50. The smallest absolute Gasteiger partial charge is 0.428 e. The highest BCUT2D eigenvalue weighted by Gasteiger charge is 2.44. The predicted molar refractivity (Wildman–Crippen MR) is 75.4 cm³/mol. The van der Waals surface area contributed by atoms with Crippen molar-refractivity contribution < 1.29 is 22.3 Å². The lowest BCUT2D eigenvalue weighted by Crippen LogP contribution is -2.44. The maximum Gasteiger partial charge on any atom is 0.461 e. The fraction of sp³-hybridized carbons (Fsp3) is 0.467. The minimum absolute atomic E-state index is 0.175. The van der Waals surface area contributed by atoms with Crippen LogP contribution in [-0.2, 0) is 0 Å². The first-order chi connectivity index (χ1) is 10.4. The molecule has 1 aliphatic rings. The Labute approximate surface area is 126 Å². The van der Waals surface area contributed by atoms with E-state index in [1.165, 1.54) is 18.2 Å². The normalized spacial score (nSPS) is 18.2. The van der Waals surface area contributed by atoms with Crippen LogP contribution in [-0.4, -0.2) is 43.6 Å². The van der Waals surface area contributed by atoms with E-state index in [0.717, 1.165) is 26.2 Å². The second-order valence-electron chi connectivity index (χ2n) is 5.00. The molecule has 1 aliphatic heterocycles. The summed E-state index contributed by atoms with van der Waals surface area (Å²) in [7, 11) is 0. The van der Waals surface area contributed by atoms with Gasteiger partial charge >= 0.3 is 12.5 Å². The molecule has 0 amide bonds. The lowest BCUT2D eigenvalue weighted by molar-refractivity contribution is -0.253. The van der Waals surface area contributed by atoms with E-state index in [1.54, 1.807) is 12.1 Å². The zero-order valence-electron chi connectivity index (χ0n) is 11.9. The number of nitrogens with one attached hydrogen (secondary N) is 1. The third-order valence-corrected chi connectivity index (χ3v) is 3.48. The predicted octanol–water partition coefficient (Wildman–Crippen LogP) is 3.06. The van der Waals surface area contributed by atoms with Crippen LogP contribution >= 0.6 is 0 Å². The molecule has 0 aromatic heterocycles. The number of alkyl halides is 4. The quantitative estimate of drug-likeness (QED) is 0.644. The second kappa shape index (κ2) is 7.11. The number of ether oxygens (including phenoxy) is 1. The summed E-state index contributed by atoms with van der Waals surface area (Å²) in [5, 5.41) is 3.22. The molecule has 1 aromatic rings. The Morgan fingerprint density at radius 3 is 2.55 bits per heavy atom. The highest BCUT2D eigenvalue weighted by atomic mass is 19.3. The molecule has 0 saturated carbocycles. The third-order valence-electron chi connectivity index (χ3n) is 3.48. The van der Waals surface area contributed by atoms with Crippen molar-refractivity contribution in [2.24, 2.45) is 0 Å². The molecule has 0 unspecified atom stereocenters. The molecular formula is C15H18F4N2O. The van der Waals surface area contributed by atoms with Crippen molar-refractivity contribution in [2.75, 3.05) is 26.2 Å². The molecule has 0 aliphatic carbocycles. The Morgan fingerprint density at radius 2 is 1.95 bits per heavy atom. The first-order valence-corrected chi connectivity index (χ1v) is 6.96. The molecular weight excluding hydrogens is 300 g/mol. The van der Waals surface area contributed by atoms with Crippen LogP contribution in [0.5, 0.6) is 5.75 Å². The lowest BCUT2D eigenvalue weighted by atomic mass is 10.0. The van der Waals surface area contributed by atoms with Crippen LogP contribution < -0.4 is 10.1 Å². The second-order valence-corrected chi connectivity index (χ2v) is 5.00. The van der Waals surface area contributed by atoms with Crippen LogP contribution in [0.2, 0.25) is 0 Å². The fourth-order valence-electron chi connectivity index (χ4n) is 2.42. The third kappa shape index (κ3) is 3.98. The topological polar surface area (TPSA) is 24.5 Å². The van der Waals surface area contributed by atoms with Crippen LogP contribution in [0.3, 0.4) is 0 Å². The van der Waals surface area contributed by atoms with Crippen LogP contribution in [0.25, 0.3) is 0 Å². The summed E-state index contributed by atoms with van der Waals surface area (Å²) in [4.78, 5) is 2.13. The number of rotatable bonds is 6.